The van der Waals surface area contributed by atoms with Crippen molar-refractivity contribution in [3.63, 3.8) is 0 Å². The summed E-state index contributed by atoms with van der Waals surface area (Å²) in [5.41, 5.74) is 0.932. The summed E-state index contributed by atoms with van der Waals surface area (Å²) in [4.78, 5) is 19.0. The van der Waals surface area contributed by atoms with Crippen molar-refractivity contribution in [2.75, 3.05) is 13.1 Å². The Morgan fingerprint density at radius 3 is 2.72 bits per heavy atom. The third-order valence-electron chi connectivity index (χ3n) is 6.32. The van der Waals surface area contributed by atoms with Gasteiger partial charge >= 0.3 is 0 Å². The van der Waals surface area contributed by atoms with Crippen LogP contribution in [0.3, 0.4) is 0 Å². The van der Waals surface area contributed by atoms with Crippen LogP contribution in [0.15, 0.2) is 30.9 Å². The van der Waals surface area contributed by atoms with Crippen LogP contribution in [-0.4, -0.2) is 43.6 Å². The number of rotatable bonds is 4. The van der Waals surface area contributed by atoms with Gasteiger partial charge in [-0.1, -0.05) is 6.42 Å². The molecule has 2 aromatic rings. The molecule has 1 unspecified atom stereocenters. The molecule has 2 saturated carbocycles. The van der Waals surface area contributed by atoms with Crippen molar-refractivity contribution >= 4 is 5.91 Å². The highest BCUT2D eigenvalue weighted by atomic mass is 16.2. The van der Waals surface area contributed by atoms with Crippen LogP contribution in [-0.2, 0) is 6.54 Å². The van der Waals surface area contributed by atoms with Crippen LogP contribution in [0.2, 0.25) is 0 Å². The second kappa shape index (κ2) is 5.64. The number of carbonyl (C=O) groups is 1. The predicted octanol–water partition coefficient (Wildman–Crippen LogP) is 2.49. The maximum atomic E-state index is 12.9. The summed E-state index contributed by atoms with van der Waals surface area (Å²) in [7, 11) is 0. The van der Waals surface area contributed by atoms with Crippen LogP contribution in [0.5, 0.6) is 0 Å². The first-order chi connectivity index (χ1) is 12.3. The van der Waals surface area contributed by atoms with Crippen LogP contribution >= 0.6 is 0 Å². The number of hydrogen-bond acceptors (Lipinski definition) is 4. The van der Waals surface area contributed by atoms with Crippen LogP contribution < -0.4 is 0 Å². The lowest BCUT2D eigenvalue weighted by atomic mass is 9.62. The average Bonchev–Trinajstić information content (AvgIpc) is 3.15. The quantitative estimate of drug-likeness (QED) is 0.860. The second-order valence-electron chi connectivity index (χ2n) is 7.97. The van der Waals surface area contributed by atoms with E-state index in [0.717, 1.165) is 36.9 Å². The SMILES string of the molecule is O=C(c1ccncc1)N1CC(c2nncn2CC2CC2)C2(CCC2)C1. The lowest BCUT2D eigenvalue weighted by Crippen LogP contribution is -2.38. The lowest BCUT2D eigenvalue weighted by molar-refractivity contribution is 0.0723. The fourth-order valence-corrected chi connectivity index (χ4v) is 4.55. The summed E-state index contributed by atoms with van der Waals surface area (Å²) in [5.74, 6) is 2.32. The number of carbonyl (C=O) groups excluding carboxylic acids is 1. The topological polar surface area (TPSA) is 63.9 Å². The Morgan fingerprint density at radius 2 is 2.04 bits per heavy atom. The smallest absolute Gasteiger partial charge is 0.254 e. The van der Waals surface area contributed by atoms with E-state index >= 15 is 0 Å². The van der Waals surface area contributed by atoms with E-state index in [0.29, 0.717) is 5.92 Å². The van der Waals surface area contributed by atoms with Gasteiger partial charge in [-0.05, 0) is 49.1 Å². The zero-order chi connectivity index (χ0) is 16.9. The zero-order valence-electron chi connectivity index (χ0n) is 14.3. The third kappa shape index (κ3) is 2.55. The molecule has 25 heavy (non-hydrogen) atoms. The highest BCUT2D eigenvalue weighted by Gasteiger charge is 2.53. The first kappa shape index (κ1) is 15.0. The molecular weight excluding hydrogens is 314 g/mol. The Hall–Kier alpha value is -2.24. The number of likely N-dealkylation sites (tertiary alicyclic amines) is 1. The van der Waals surface area contributed by atoms with E-state index in [1.165, 1.54) is 32.1 Å². The van der Waals surface area contributed by atoms with Gasteiger partial charge in [0.05, 0.1) is 0 Å². The first-order valence-electron chi connectivity index (χ1n) is 9.32. The van der Waals surface area contributed by atoms with Gasteiger partial charge in [0.1, 0.15) is 12.2 Å². The number of aromatic nitrogens is 4. The molecule has 3 heterocycles. The van der Waals surface area contributed by atoms with Crippen molar-refractivity contribution < 1.29 is 4.79 Å². The molecule has 1 saturated heterocycles. The van der Waals surface area contributed by atoms with Gasteiger partial charge in [-0.25, -0.2) is 0 Å². The molecule has 5 rings (SSSR count). The molecule has 2 aliphatic carbocycles. The normalized spacial score (nSPS) is 24.5. The Balaban J connectivity index is 1.42. The fourth-order valence-electron chi connectivity index (χ4n) is 4.55. The Bertz CT molecular complexity index is 778. The zero-order valence-corrected chi connectivity index (χ0v) is 14.3. The molecule has 0 bridgehead atoms. The molecule has 0 N–H and O–H groups in total. The summed E-state index contributed by atoms with van der Waals surface area (Å²) in [5, 5.41) is 8.69. The van der Waals surface area contributed by atoms with Crippen LogP contribution in [0.1, 0.15) is 54.2 Å². The minimum atomic E-state index is 0.115. The molecule has 1 atom stereocenters. The molecule has 6 nitrogen and oxygen atoms in total. The van der Waals surface area contributed by atoms with Gasteiger partial charge in [-0.2, -0.15) is 0 Å². The highest BCUT2D eigenvalue weighted by Crippen LogP contribution is 2.55. The second-order valence-corrected chi connectivity index (χ2v) is 7.97. The van der Waals surface area contributed by atoms with E-state index in [1.54, 1.807) is 24.5 Å². The van der Waals surface area contributed by atoms with Gasteiger partial charge in [-0.15, -0.1) is 10.2 Å². The lowest BCUT2D eigenvalue weighted by Gasteiger charge is -2.42. The molecule has 3 aliphatic rings. The number of hydrogen-bond donors (Lipinski definition) is 0. The Labute approximate surface area is 147 Å². The van der Waals surface area contributed by atoms with Gasteiger partial charge in [0.25, 0.3) is 5.91 Å². The van der Waals surface area contributed by atoms with Gasteiger partial charge < -0.3 is 9.47 Å². The summed E-state index contributed by atoms with van der Waals surface area (Å²) in [6.07, 6.45) is 11.5. The van der Waals surface area contributed by atoms with E-state index in [4.69, 9.17) is 0 Å². The van der Waals surface area contributed by atoms with E-state index < -0.39 is 0 Å². The molecule has 1 amide bonds. The minimum absolute atomic E-state index is 0.115. The maximum Gasteiger partial charge on any atom is 0.254 e. The van der Waals surface area contributed by atoms with Gasteiger partial charge in [0, 0.05) is 43.5 Å². The van der Waals surface area contributed by atoms with Crippen molar-refractivity contribution in [1.82, 2.24) is 24.6 Å². The Morgan fingerprint density at radius 1 is 1.24 bits per heavy atom. The van der Waals surface area contributed by atoms with Crippen LogP contribution in [0.25, 0.3) is 0 Å². The van der Waals surface area contributed by atoms with Crippen LogP contribution in [0, 0.1) is 11.3 Å². The highest BCUT2D eigenvalue weighted by molar-refractivity contribution is 5.94. The largest absolute Gasteiger partial charge is 0.337 e. The molecule has 3 fully saturated rings. The molecular formula is C19H23N5O. The van der Waals surface area contributed by atoms with E-state index in [9.17, 15) is 4.79 Å². The molecule has 1 spiro atoms. The maximum absolute atomic E-state index is 12.9. The molecule has 6 heteroatoms. The van der Waals surface area contributed by atoms with Crippen molar-refractivity contribution in [2.24, 2.45) is 11.3 Å². The average molecular weight is 337 g/mol. The van der Waals surface area contributed by atoms with Crippen molar-refractivity contribution in [2.45, 2.75) is 44.6 Å². The summed E-state index contributed by atoms with van der Waals surface area (Å²) in [6.45, 7) is 2.63. The summed E-state index contributed by atoms with van der Waals surface area (Å²) in [6, 6.07) is 3.61. The number of pyridine rings is 1. The van der Waals surface area contributed by atoms with Gasteiger partial charge in [0.2, 0.25) is 0 Å². The molecule has 1 aliphatic heterocycles. The monoisotopic (exact) mass is 337 g/mol. The number of nitrogens with zero attached hydrogens (tertiary/aromatic N) is 5. The molecule has 130 valence electrons. The van der Waals surface area contributed by atoms with E-state index in [2.05, 4.69) is 19.7 Å². The van der Waals surface area contributed by atoms with E-state index in [1.807, 2.05) is 11.2 Å². The molecule has 0 radical (unpaired) electrons. The van der Waals surface area contributed by atoms with Crippen molar-refractivity contribution in [3.05, 3.63) is 42.2 Å². The summed E-state index contributed by atoms with van der Waals surface area (Å²) >= 11 is 0. The summed E-state index contributed by atoms with van der Waals surface area (Å²) < 4.78 is 2.25. The van der Waals surface area contributed by atoms with Crippen molar-refractivity contribution in [1.29, 1.82) is 0 Å². The van der Waals surface area contributed by atoms with E-state index in [-0.39, 0.29) is 11.3 Å². The minimum Gasteiger partial charge on any atom is -0.337 e. The molecule has 2 aromatic heterocycles. The van der Waals surface area contributed by atoms with Gasteiger partial charge in [0.15, 0.2) is 0 Å². The number of amides is 1. The third-order valence-corrected chi connectivity index (χ3v) is 6.32. The first-order valence-corrected chi connectivity index (χ1v) is 9.32. The van der Waals surface area contributed by atoms with Crippen LogP contribution in [0.4, 0.5) is 0 Å². The fraction of sp³-hybridized carbons (Fsp3) is 0.579. The Kier molecular flexibility index (Phi) is 3.40. The molecule has 0 aromatic carbocycles. The van der Waals surface area contributed by atoms with Gasteiger partial charge in [-0.3, -0.25) is 9.78 Å². The standard InChI is InChI=1S/C19H23N5O/c25-18(15-4-8-20-9-5-15)23-11-16(19(12-23)6-1-7-19)17-22-21-13-24(17)10-14-2-3-14/h4-5,8-9,13-14,16H,1-3,6-7,10-12H2. The predicted molar refractivity (Wildman–Crippen MR) is 91.9 cm³/mol. The van der Waals surface area contributed by atoms with Crippen molar-refractivity contribution in [3.8, 4) is 0 Å².